The maximum Gasteiger partial charge on any atom is 0.243 e. The fraction of sp³-hybridized carbons (Fsp3) is 0.765. The molecule has 0 aliphatic carbocycles. The molecular weight excluding hydrogens is 338 g/mol. The smallest absolute Gasteiger partial charge is 0.243 e. The van der Waals surface area contributed by atoms with Crippen LogP contribution in [0.3, 0.4) is 0 Å². The first-order valence-corrected chi connectivity index (χ1v) is 8.99. The van der Waals surface area contributed by atoms with E-state index in [-0.39, 0.29) is 18.8 Å². The van der Waals surface area contributed by atoms with Crippen LogP contribution in [0.4, 0.5) is 0 Å². The second-order valence-electron chi connectivity index (χ2n) is 6.45. The van der Waals surface area contributed by atoms with Crippen molar-refractivity contribution in [3.05, 3.63) is 0 Å². The number of nitrogens with one attached hydrogen (secondary N) is 2. The fourth-order valence-electron chi connectivity index (χ4n) is 2.25. The van der Waals surface area contributed by atoms with Gasteiger partial charge >= 0.3 is 0 Å². The second-order valence-corrected chi connectivity index (χ2v) is 6.45. The summed E-state index contributed by atoms with van der Waals surface area (Å²) in [5, 5.41) is 5.20. The number of unbranched alkanes of at least 4 members (excludes halogenated alkanes) is 1. The van der Waals surface area contributed by atoms with Gasteiger partial charge in [-0.3, -0.25) is 19.2 Å². The summed E-state index contributed by atoms with van der Waals surface area (Å²) in [6.07, 6.45) is 4.28. The lowest BCUT2D eigenvalue weighted by atomic mass is 9.99. The number of amides is 3. The van der Waals surface area contributed by atoms with Gasteiger partial charge in [0.2, 0.25) is 24.0 Å². The van der Waals surface area contributed by atoms with E-state index in [0.717, 1.165) is 0 Å². The van der Waals surface area contributed by atoms with Gasteiger partial charge in [0.1, 0.15) is 6.04 Å². The zero-order valence-electron chi connectivity index (χ0n) is 15.6. The predicted octanol–water partition coefficient (Wildman–Crippen LogP) is -1.17. The summed E-state index contributed by atoms with van der Waals surface area (Å²) in [6.45, 7) is 4.20. The van der Waals surface area contributed by atoms with E-state index in [4.69, 9.17) is 17.2 Å². The van der Waals surface area contributed by atoms with Crippen molar-refractivity contribution < 1.29 is 19.2 Å². The van der Waals surface area contributed by atoms with Crippen molar-refractivity contribution in [2.45, 2.75) is 70.5 Å². The Kier molecular flexibility index (Phi) is 12.2. The molecule has 0 bridgehead atoms. The van der Waals surface area contributed by atoms with Gasteiger partial charge < -0.3 is 27.8 Å². The third-order valence-corrected chi connectivity index (χ3v) is 4.26. The maximum absolute atomic E-state index is 12.5. The summed E-state index contributed by atoms with van der Waals surface area (Å²) in [4.78, 5) is 46.6. The van der Waals surface area contributed by atoms with Crippen molar-refractivity contribution in [3.63, 3.8) is 0 Å². The van der Waals surface area contributed by atoms with Gasteiger partial charge in [0.25, 0.3) is 0 Å². The van der Waals surface area contributed by atoms with Crippen LogP contribution in [0.25, 0.3) is 0 Å². The van der Waals surface area contributed by atoms with Gasteiger partial charge in [0.15, 0.2) is 0 Å². The van der Waals surface area contributed by atoms with Crippen LogP contribution in [0.2, 0.25) is 0 Å². The number of carbonyl (C=O) groups excluding carboxylic acids is 4. The minimum Gasteiger partial charge on any atom is -0.370 e. The largest absolute Gasteiger partial charge is 0.370 e. The molecule has 0 spiro atoms. The first kappa shape index (κ1) is 24.0. The average molecular weight is 370 g/mol. The molecule has 0 heterocycles. The zero-order valence-corrected chi connectivity index (χ0v) is 15.6. The Morgan fingerprint density at radius 2 is 1.73 bits per heavy atom. The maximum atomic E-state index is 12.5. The van der Waals surface area contributed by atoms with Gasteiger partial charge in [-0.15, -0.1) is 0 Å². The molecule has 26 heavy (non-hydrogen) atoms. The normalized spacial score (nSPS) is 15.4. The number of primary amides is 1. The minimum atomic E-state index is -0.949. The molecule has 9 nitrogen and oxygen atoms in total. The van der Waals surface area contributed by atoms with E-state index < -0.39 is 35.8 Å². The van der Waals surface area contributed by atoms with Crippen LogP contribution in [0.15, 0.2) is 0 Å². The van der Waals surface area contributed by atoms with Crippen LogP contribution < -0.4 is 27.8 Å². The SMILES string of the molecule is CC[C@H](C)[C@@H]([C]=O)NC(=O)[C@H](CCCCN)NC(=O)[C@@H](N)CCC(N)=O. The molecule has 4 atom stereocenters. The molecule has 0 aliphatic heterocycles. The highest BCUT2D eigenvalue weighted by molar-refractivity contribution is 5.91. The van der Waals surface area contributed by atoms with Crippen LogP contribution in [0.1, 0.15) is 52.4 Å². The van der Waals surface area contributed by atoms with Crippen molar-refractivity contribution in [1.29, 1.82) is 0 Å². The average Bonchev–Trinajstić information content (AvgIpc) is 2.62. The first-order chi connectivity index (χ1) is 12.3. The molecule has 8 N–H and O–H groups in total. The summed E-state index contributed by atoms with van der Waals surface area (Å²) in [7, 11) is 0. The number of rotatable bonds is 14. The van der Waals surface area contributed by atoms with Crippen LogP contribution in [-0.4, -0.2) is 48.7 Å². The van der Waals surface area contributed by atoms with E-state index in [2.05, 4.69) is 10.6 Å². The van der Waals surface area contributed by atoms with Crippen LogP contribution in [0.5, 0.6) is 0 Å². The highest BCUT2D eigenvalue weighted by Crippen LogP contribution is 2.08. The standard InChI is InChI=1S/C17H32N5O4/c1-3-11(2)14(10-23)22-17(26)13(6-4-5-9-18)21-16(25)12(19)7-8-15(20)24/h11-14H,3-9,18-19H2,1-2H3,(H2,20,24)(H,21,25)(H,22,26)/t11-,12-,13-,14+/m0/s1. The summed E-state index contributed by atoms with van der Waals surface area (Å²) in [5.41, 5.74) is 16.2. The minimum absolute atomic E-state index is 0.0190. The van der Waals surface area contributed by atoms with Gasteiger partial charge in [0, 0.05) is 6.42 Å². The third kappa shape index (κ3) is 9.47. The molecule has 0 saturated carbocycles. The molecule has 0 saturated heterocycles. The van der Waals surface area contributed by atoms with E-state index in [9.17, 15) is 19.2 Å². The lowest BCUT2D eigenvalue weighted by Gasteiger charge is -2.24. The summed E-state index contributed by atoms with van der Waals surface area (Å²) in [5.74, 6) is -1.64. The van der Waals surface area contributed by atoms with E-state index in [0.29, 0.717) is 32.2 Å². The monoisotopic (exact) mass is 370 g/mol. The second kappa shape index (κ2) is 13.2. The molecule has 0 fully saturated rings. The zero-order chi connectivity index (χ0) is 20.1. The molecule has 149 valence electrons. The first-order valence-electron chi connectivity index (χ1n) is 8.99. The number of hydrogen-bond donors (Lipinski definition) is 5. The predicted molar refractivity (Wildman–Crippen MR) is 98.3 cm³/mol. The Labute approximate surface area is 154 Å². The van der Waals surface area contributed by atoms with Gasteiger partial charge in [-0.1, -0.05) is 20.3 Å². The van der Waals surface area contributed by atoms with Crippen molar-refractivity contribution in [2.75, 3.05) is 6.54 Å². The summed E-state index contributed by atoms with van der Waals surface area (Å²) < 4.78 is 0. The van der Waals surface area contributed by atoms with Crippen molar-refractivity contribution in [3.8, 4) is 0 Å². The van der Waals surface area contributed by atoms with Crippen molar-refractivity contribution >= 4 is 24.0 Å². The van der Waals surface area contributed by atoms with Crippen molar-refractivity contribution in [1.82, 2.24) is 10.6 Å². The Hall–Kier alpha value is -2.00. The molecule has 0 aromatic rings. The van der Waals surface area contributed by atoms with Crippen LogP contribution in [0, 0.1) is 5.92 Å². The Morgan fingerprint density at radius 3 is 2.23 bits per heavy atom. The molecule has 0 rings (SSSR count). The highest BCUT2D eigenvalue weighted by Gasteiger charge is 2.27. The van der Waals surface area contributed by atoms with Crippen LogP contribution >= 0.6 is 0 Å². The molecule has 1 radical (unpaired) electrons. The molecule has 0 unspecified atom stereocenters. The highest BCUT2D eigenvalue weighted by atomic mass is 16.2. The Bertz CT molecular complexity index is 472. The molecule has 3 amide bonds. The van der Waals surface area contributed by atoms with E-state index >= 15 is 0 Å². The quantitative estimate of drug-likeness (QED) is 0.241. The summed E-state index contributed by atoms with van der Waals surface area (Å²) in [6, 6.07) is -2.53. The molecular formula is C17H32N5O4. The Morgan fingerprint density at radius 1 is 1.08 bits per heavy atom. The van der Waals surface area contributed by atoms with E-state index in [1.165, 1.54) is 0 Å². The molecule has 0 aromatic carbocycles. The van der Waals surface area contributed by atoms with Crippen molar-refractivity contribution in [2.24, 2.45) is 23.1 Å². The third-order valence-electron chi connectivity index (χ3n) is 4.26. The number of nitrogens with two attached hydrogens (primary N) is 3. The van der Waals surface area contributed by atoms with Gasteiger partial charge in [0.05, 0.1) is 12.1 Å². The van der Waals surface area contributed by atoms with E-state index in [1.54, 1.807) is 0 Å². The number of hydrogen-bond acceptors (Lipinski definition) is 6. The lowest BCUT2D eigenvalue weighted by molar-refractivity contribution is -0.130. The van der Waals surface area contributed by atoms with Gasteiger partial charge in [-0.05, 0) is 38.1 Å². The molecule has 9 heteroatoms. The van der Waals surface area contributed by atoms with Gasteiger partial charge in [-0.2, -0.15) is 0 Å². The summed E-state index contributed by atoms with van der Waals surface area (Å²) >= 11 is 0. The van der Waals surface area contributed by atoms with Crippen LogP contribution in [-0.2, 0) is 19.2 Å². The van der Waals surface area contributed by atoms with Gasteiger partial charge in [-0.25, -0.2) is 0 Å². The molecule has 0 aliphatic rings. The Balaban J connectivity index is 4.91. The van der Waals surface area contributed by atoms with E-state index in [1.807, 2.05) is 20.1 Å². The topological polar surface area (TPSA) is 170 Å². The molecule has 0 aromatic heterocycles. The lowest BCUT2D eigenvalue weighted by Crippen LogP contribution is -2.54. The number of carbonyl (C=O) groups is 3. The fourth-order valence-corrected chi connectivity index (χ4v) is 2.25.